The van der Waals surface area contributed by atoms with Gasteiger partial charge in [0, 0.05) is 6.54 Å². The zero-order chi connectivity index (χ0) is 15.6. The van der Waals surface area contributed by atoms with Gasteiger partial charge in [-0.3, -0.25) is 0 Å². The molecule has 0 radical (unpaired) electrons. The smallest absolute Gasteiger partial charge is 0.240 e. The van der Waals surface area contributed by atoms with Crippen molar-refractivity contribution in [3.05, 3.63) is 60.4 Å². The summed E-state index contributed by atoms with van der Waals surface area (Å²) in [6.45, 7) is 2.92. The molecule has 114 valence electrons. The molecule has 0 saturated heterocycles. The summed E-state index contributed by atoms with van der Waals surface area (Å²) in [4.78, 5) is 4.77. The predicted molar refractivity (Wildman–Crippen MR) is 85.9 cm³/mol. The number of para-hydroxylation sites is 2. The Hall–Kier alpha value is -2.18. The molecule has 0 fully saturated rings. The molecular weight excluding hydrogens is 298 g/mol. The van der Waals surface area contributed by atoms with Gasteiger partial charge < -0.3 is 4.57 Å². The lowest BCUT2D eigenvalue weighted by atomic mass is 10.3. The number of hydrogen-bond donors (Lipinski definition) is 1. The molecule has 3 rings (SSSR count). The summed E-state index contributed by atoms with van der Waals surface area (Å²) in [6.07, 6.45) is 0. The molecule has 22 heavy (non-hydrogen) atoms. The summed E-state index contributed by atoms with van der Waals surface area (Å²) in [7, 11) is -3.52. The van der Waals surface area contributed by atoms with Crippen LogP contribution in [0.4, 0.5) is 0 Å². The molecule has 0 bridgehead atoms. The van der Waals surface area contributed by atoms with E-state index in [-0.39, 0.29) is 11.4 Å². The van der Waals surface area contributed by atoms with Crippen LogP contribution in [0, 0.1) is 0 Å². The lowest BCUT2D eigenvalue weighted by Crippen LogP contribution is -2.25. The maximum atomic E-state index is 12.3. The summed E-state index contributed by atoms with van der Waals surface area (Å²) in [5, 5.41) is 0. The van der Waals surface area contributed by atoms with Crippen molar-refractivity contribution in [3.8, 4) is 0 Å². The summed E-state index contributed by atoms with van der Waals surface area (Å²) < 4.78 is 29.2. The maximum absolute atomic E-state index is 12.3. The summed E-state index contributed by atoms with van der Waals surface area (Å²) in [6, 6.07) is 16.1. The molecule has 3 aromatic rings. The highest BCUT2D eigenvalue weighted by atomic mass is 32.2. The Morgan fingerprint density at radius 3 is 2.45 bits per heavy atom. The number of sulfonamides is 1. The van der Waals surface area contributed by atoms with Gasteiger partial charge in [-0.05, 0) is 31.2 Å². The van der Waals surface area contributed by atoms with E-state index in [2.05, 4.69) is 9.71 Å². The second kappa shape index (κ2) is 5.90. The van der Waals surface area contributed by atoms with Crippen LogP contribution in [0.1, 0.15) is 12.7 Å². The fourth-order valence-electron chi connectivity index (χ4n) is 2.46. The van der Waals surface area contributed by atoms with Crippen LogP contribution >= 0.6 is 0 Å². The zero-order valence-electron chi connectivity index (χ0n) is 12.2. The van der Waals surface area contributed by atoms with E-state index in [1.807, 2.05) is 35.8 Å². The van der Waals surface area contributed by atoms with Gasteiger partial charge in [0.2, 0.25) is 10.0 Å². The highest BCUT2D eigenvalue weighted by molar-refractivity contribution is 7.89. The van der Waals surface area contributed by atoms with Crippen molar-refractivity contribution < 1.29 is 8.42 Å². The van der Waals surface area contributed by atoms with Crippen LogP contribution in [0.3, 0.4) is 0 Å². The molecule has 1 heterocycles. The van der Waals surface area contributed by atoms with E-state index < -0.39 is 10.0 Å². The molecule has 1 N–H and O–H groups in total. The highest BCUT2D eigenvalue weighted by Gasteiger charge is 2.15. The minimum Gasteiger partial charge on any atom is -0.327 e. The number of rotatable bonds is 5. The van der Waals surface area contributed by atoms with Crippen LogP contribution in [0.25, 0.3) is 11.0 Å². The summed E-state index contributed by atoms with van der Waals surface area (Å²) in [5.41, 5.74) is 1.89. The molecule has 2 aromatic carbocycles. The molecule has 0 atom stereocenters. The van der Waals surface area contributed by atoms with E-state index >= 15 is 0 Å². The number of fused-ring (bicyclic) bond motifs is 1. The number of hydrogen-bond acceptors (Lipinski definition) is 3. The Morgan fingerprint density at radius 1 is 1.05 bits per heavy atom. The van der Waals surface area contributed by atoms with Crippen LogP contribution in [-0.4, -0.2) is 18.0 Å². The van der Waals surface area contributed by atoms with Crippen LogP contribution in [-0.2, 0) is 23.1 Å². The van der Waals surface area contributed by atoms with Gasteiger partial charge in [-0.1, -0.05) is 30.3 Å². The summed E-state index contributed by atoms with van der Waals surface area (Å²) in [5.74, 6) is 0.711. The molecule has 0 saturated carbocycles. The number of nitrogens with one attached hydrogen (secondary N) is 1. The van der Waals surface area contributed by atoms with Crippen LogP contribution in [0.5, 0.6) is 0 Å². The van der Waals surface area contributed by atoms with Crippen molar-refractivity contribution in [1.29, 1.82) is 0 Å². The van der Waals surface area contributed by atoms with Crippen LogP contribution in [0.15, 0.2) is 59.5 Å². The third kappa shape index (κ3) is 2.75. The van der Waals surface area contributed by atoms with Gasteiger partial charge in [0.25, 0.3) is 0 Å². The SMILES string of the molecule is CCn1c(CNS(=O)(=O)c2ccccc2)nc2ccccc21. The lowest BCUT2D eigenvalue weighted by Gasteiger charge is -2.08. The summed E-state index contributed by atoms with van der Waals surface area (Å²) >= 11 is 0. The third-order valence-corrected chi connectivity index (χ3v) is 4.94. The molecule has 5 nitrogen and oxygen atoms in total. The van der Waals surface area contributed by atoms with Crippen molar-refractivity contribution in [3.63, 3.8) is 0 Å². The molecular formula is C16H17N3O2S. The van der Waals surface area contributed by atoms with Crippen molar-refractivity contribution in [2.24, 2.45) is 0 Å². The molecule has 0 aliphatic rings. The highest BCUT2D eigenvalue weighted by Crippen LogP contribution is 2.16. The number of nitrogens with zero attached hydrogens (tertiary/aromatic N) is 2. The van der Waals surface area contributed by atoms with Gasteiger partial charge in [-0.2, -0.15) is 0 Å². The fraction of sp³-hybridized carbons (Fsp3) is 0.188. The second-order valence-corrected chi connectivity index (χ2v) is 6.67. The molecule has 0 aliphatic carbocycles. The number of aromatic nitrogens is 2. The first-order chi connectivity index (χ1) is 10.6. The minimum atomic E-state index is -3.52. The number of aryl methyl sites for hydroxylation is 1. The van der Waals surface area contributed by atoms with E-state index in [4.69, 9.17) is 0 Å². The van der Waals surface area contributed by atoms with Gasteiger partial charge in [-0.25, -0.2) is 18.1 Å². The monoisotopic (exact) mass is 315 g/mol. The Labute approximate surface area is 129 Å². The Kier molecular flexibility index (Phi) is 3.96. The van der Waals surface area contributed by atoms with E-state index in [9.17, 15) is 8.42 Å². The number of imidazole rings is 1. The van der Waals surface area contributed by atoms with Gasteiger partial charge in [0.15, 0.2) is 0 Å². The quantitative estimate of drug-likeness (QED) is 0.787. The zero-order valence-corrected chi connectivity index (χ0v) is 13.0. The standard InChI is InChI=1S/C16H17N3O2S/c1-2-19-15-11-7-6-10-14(15)18-16(19)12-17-22(20,21)13-8-4-3-5-9-13/h3-11,17H,2,12H2,1H3. The van der Waals surface area contributed by atoms with E-state index in [1.54, 1.807) is 30.3 Å². The first-order valence-corrected chi connectivity index (χ1v) is 8.59. The average Bonchev–Trinajstić information content (AvgIpc) is 2.91. The molecule has 0 amide bonds. The molecule has 6 heteroatoms. The minimum absolute atomic E-state index is 0.166. The largest absolute Gasteiger partial charge is 0.327 e. The van der Waals surface area contributed by atoms with Gasteiger partial charge in [0.05, 0.1) is 22.5 Å². The van der Waals surface area contributed by atoms with Crippen molar-refractivity contribution >= 4 is 21.1 Å². The molecule has 0 spiro atoms. The lowest BCUT2D eigenvalue weighted by molar-refractivity contribution is 0.576. The molecule has 0 unspecified atom stereocenters. The van der Waals surface area contributed by atoms with E-state index in [0.717, 1.165) is 17.6 Å². The Morgan fingerprint density at radius 2 is 1.73 bits per heavy atom. The van der Waals surface area contributed by atoms with Crippen molar-refractivity contribution in [1.82, 2.24) is 14.3 Å². The fourth-order valence-corrected chi connectivity index (χ4v) is 3.46. The molecule has 0 aliphatic heterocycles. The topological polar surface area (TPSA) is 64.0 Å². The average molecular weight is 315 g/mol. The van der Waals surface area contributed by atoms with Crippen LogP contribution < -0.4 is 4.72 Å². The van der Waals surface area contributed by atoms with Gasteiger partial charge in [0.1, 0.15) is 5.82 Å². The first kappa shape index (κ1) is 14.7. The maximum Gasteiger partial charge on any atom is 0.240 e. The van der Waals surface area contributed by atoms with Gasteiger partial charge >= 0.3 is 0 Å². The van der Waals surface area contributed by atoms with E-state index in [1.165, 1.54) is 0 Å². The predicted octanol–water partition coefficient (Wildman–Crippen LogP) is 2.53. The van der Waals surface area contributed by atoms with Crippen molar-refractivity contribution in [2.75, 3.05) is 0 Å². The van der Waals surface area contributed by atoms with Crippen molar-refractivity contribution in [2.45, 2.75) is 24.9 Å². The Bertz CT molecular complexity index is 886. The normalized spacial score (nSPS) is 11.9. The third-order valence-electron chi connectivity index (χ3n) is 3.52. The van der Waals surface area contributed by atoms with Crippen LogP contribution in [0.2, 0.25) is 0 Å². The van der Waals surface area contributed by atoms with Gasteiger partial charge in [-0.15, -0.1) is 0 Å². The number of benzene rings is 2. The first-order valence-electron chi connectivity index (χ1n) is 7.10. The van der Waals surface area contributed by atoms with E-state index in [0.29, 0.717) is 5.82 Å². The Balaban J connectivity index is 1.88. The molecule has 1 aromatic heterocycles. The second-order valence-electron chi connectivity index (χ2n) is 4.90.